The van der Waals surface area contributed by atoms with Gasteiger partial charge in [-0.25, -0.2) is 0 Å². The number of alkyl halides is 3. The van der Waals surface area contributed by atoms with Crippen molar-refractivity contribution < 1.29 is 23.1 Å². The maximum Gasteiger partial charge on any atom is 0.417 e. The van der Waals surface area contributed by atoms with E-state index in [1.54, 1.807) is 12.1 Å². The molecular formula is C24H30F3N3O2. The van der Waals surface area contributed by atoms with E-state index in [0.29, 0.717) is 44.7 Å². The predicted molar refractivity (Wildman–Crippen MR) is 114 cm³/mol. The molecule has 1 N–H and O–H groups in total. The van der Waals surface area contributed by atoms with Gasteiger partial charge in [-0.3, -0.25) is 4.79 Å². The second-order valence-corrected chi connectivity index (χ2v) is 9.62. The van der Waals surface area contributed by atoms with Gasteiger partial charge in [0.2, 0.25) is 5.91 Å². The van der Waals surface area contributed by atoms with Gasteiger partial charge in [0.15, 0.2) is 0 Å². The largest absolute Gasteiger partial charge is 0.417 e. The lowest BCUT2D eigenvalue weighted by molar-refractivity contribution is -0.138. The number of aliphatic hydroxyl groups is 1. The molecule has 4 rings (SSSR count). The third-order valence-electron chi connectivity index (χ3n) is 7.85. The Morgan fingerprint density at radius 3 is 2.47 bits per heavy atom. The van der Waals surface area contributed by atoms with Crippen molar-refractivity contribution in [3.63, 3.8) is 0 Å². The zero-order valence-electron chi connectivity index (χ0n) is 18.2. The van der Waals surface area contributed by atoms with Crippen molar-refractivity contribution in [1.29, 1.82) is 5.26 Å². The van der Waals surface area contributed by atoms with Crippen molar-refractivity contribution in [3.8, 4) is 6.07 Å². The van der Waals surface area contributed by atoms with Gasteiger partial charge in [-0.1, -0.05) is 19.3 Å². The molecule has 174 valence electrons. The van der Waals surface area contributed by atoms with E-state index in [-0.39, 0.29) is 35.3 Å². The highest BCUT2D eigenvalue weighted by molar-refractivity contribution is 5.79. The minimum atomic E-state index is -4.58. The molecule has 1 aromatic carbocycles. The number of carbonyl (C=O) groups is 1. The summed E-state index contributed by atoms with van der Waals surface area (Å²) in [6.07, 6.45) is 2.12. The molecule has 1 amide bonds. The van der Waals surface area contributed by atoms with E-state index in [9.17, 15) is 23.1 Å². The summed E-state index contributed by atoms with van der Waals surface area (Å²) in [7, 11) is 0. The Morgan fingerprint density at radius 1 is 1.19 bits per heavy atom. The number of nitriles is 1. The van der Waals surface area contributed by atoms with Crippen LogP contribution in [0.15, 0.2) is 18.2 Å². The standard InChI is InChI=1S/C24H30F3N3O2/c25-24(26,27)21-12-20(7-6-18(21)13-28)29-10-8-23(9-11-29)16-30(14-19(23)15-31)22(32)17-4-2-1-3-5-17/h6-7,12,17,19,31H,1-5,8-11,14-16H2. The van der Waals surface area contributed by atoms with Crippen LogP contribution in [0.1, 0.15) is 56.1 Å². The normalized spacial score (nSPS) is 24.0. The lowest BCUT2D eigenvalue weighted by Gasteiger charge is -2.43. The molecule has 0 radical (unpaired) electrons. The highest BCUT2D eigenvalue weighted by Gasteiger charge is 2.49. The topological polar surface area (TPSA) is 67.6 Å². The van der Waals surface area contributed by atoms with Gasteiger partial charge in [0.25, 0.3) is 0 Å². The van der Waals surface area contributed by atoms with E-state index < -0.39 is 11.7 Å². The number of carbonyl (C=O) groups excluding carboxylic acids is 1. The number of hydrogen-bond acceptors (Lipinski definition) is 4. The summed E-state index contributed by atoms with van der Waals surface area (Å²) in [5.74, 6) is 0.311. The molecule has 2 aliphatic heterocycles. The lowest BCUT2D eigenvalue weighted by atomic mass is 9.71. The van der Waals surface area contributed by atoms with Crippen LogP contribution in [0.25, 0.3) is 0 Å². The Bertz CT molecular complexity index is 881. The first kappa shape index (κ1) is 22.9. The van der Waals surface area contributed by atoms with E-state index in [1.807, 2.05) is 9.80 Å². The molecule has 5 nitrogen and oxygen atoms in total. The van der Waals surface area contributed by atoms with Crippen LogP contribution in [0.5, 0.6) is 0 Å². The average molecular weight is 450 g/mol. The van der Waals surface area contributed by atoms with E-state index >= 15 is 0 Å². The summed E-state index contributed by atoms with van der Waals surface area (Å²) < 4.78 is 40.1. The number of halogens is 3. The van der Waals surface area contributed by atoms with Crippen LogP contribution in [0.3, 0.4) is 0 Å². The van der Waals surface area contributed by atoms with Gasteiger partial charge in [0.05, 0.1) is 17.2 Å². The maximum atomic E-state index is 13.4. The zero-order chi connectivity index (χ0) is 22.9. The third-order valence-corrected chi connectivity index (χ3v) is 7.85. The Morgan fingerprint density at radius 2 is 1.88 bits per heavy atom. The molecule has 32 heavy (non-hydrogen) atoms. The molecule has 3 aliphatic rings. The van der Waals surface area contributed by atoms with E-state index in [1.165, 1.54) is 12.5 Å². The number of hydrogen-bond donors (Lipinski definition) is 1. The van der Waals surface area contributed by atoms with Gasteiger partial charge in [-0.05, 0) is 49.3 Å². The SMILES string of the molecule is N#Cc1ccc(N2CCC3(CC2)CN(C(=O)C2CCCCC2)CC3CO)cc1C(F)(F)F. The van der Waals surface area contributed by atoms with Gasteiger partial charge in [0.1, 0.15) is 0 Å². The highest BCUT2D eigenvalue weighted by Crippen LogP contribution is 2.46. The second-order valence-electron chi connectivity index (χ2n) is 9.62. The molecule has 0 aromatic heterocycles. The van der Waals surface area contributed by atoms with E-state index in [4.69, 9.17) is 5.26 Å². The van der Waals surface area contributed by atoms with Crippen molar-refractivity contribution in [3.05, 3.63) is 29.3 Å². The van der Waals surface area contributed by atoms with Gasteiger partial charge in [-0.15, -0.1) is 0 Å². The summed E-state index contributed by atoms with van der Waals surface area (Å²) in [5.41, 5.74) is -1.01. The Kier molecular flexibility index (Phi) is 6.39. The number of nitrogens with zero attached hydrogens (tertiary/aromatic N) is 3. The first-order valence-electron chi connectivity index (χ1n) is 11.5. The maximum absolute atomic E-state index is 13.4. The molecule has 2 saturated heterocycles. The molecule has 1 unspecified atom stereocenters. The molecule has 3 fully saturated rings. The van der Waals surface area contributed by atoms with Crippen LogP contribution in [0, 0.1) is 28.6 Å². The highest BCUT2D eigenvalue weighted by atomic mass is 19.4. The van der Waals surface area contributed by atoms with Gasteiger partial charge in [0, 0.05) is 50.3 Å². The molecular weight excluding hydrogens is 419 g/mol. The zero-order valence-corrected chi connectivity index (χ0v) is 18.2. The molecule has 8 heteroatoms. The first-order valence-corrected chi connectivity index (χ1v) is 11.5. The van der Waals surface area contributed by atoms with Crippen LogP contribution in [0.4, 0.5) is 18.9 Å². The fourth-order valence-corrected chi connectivity index (χ4v) is 5.90. The van der Waals surface area contributed by atoms with Gasteiger partial charge >= 0.3 is 6.18 Å². The van der Waals surface area contributed by atoms with Gasteiger partial charge < -0.3 is 14.9 Å². The van der Waals surface area contributed by atoms with Crippen LogP contribution < -0.4 is 4.90 Å². The summed E-state index contributed by atoms with van der Waals surface area (Å²) >= 11 is 0. The number of anilines is 1. The Balaban J connectivity index is 1.46. The fourth-order valence-electron chi connectivity index (χ4n) is 5.90. The summed E-state index contributed by atoms with van der Waals surface area (Å²) in [5, 5.41) is 19.1. The fraction of sp³-hybridized carbons (Fsp3) is 0.667. The summed E-state index contributed by atoms with van der Waals surface area (Å²) in [6.45, 7) is 2.34. The molecule has 1 saturated carbocycles. The molecule has 2 heterocycles. The van der Waals surface area contributed by atoms with Crippen molar-refractivity contribution in [2.75, 3.05) is 37.7 Å². The number of likely N-dealkylation sites (tertiary alicyclic amines) is 1. The van der Waals surface area contributed by atoms with Crippen LogP contribution in [-0.4, -0.2) is 48.7 Å². The third kappa shape index (κ3) is 4.32. The molecule has 0 bridgehead atoms. The van der Waals surface area contributed by atoms with Crippen molar-refractivity contribution in [2.45, 2.75) is 51.1 Å². The molecule has 1 atom stereocenters. The molecule has 1 spiro atoms. The van der Waals surface area contributed by atoms with Crippen molar-refractivity contribution >= 4 is 11.6 Å². The van der Waals surface area contributed by atoms with Crippen LogP contribution in [-0.2, 0) is 11.0 Å². The first-order chi connectivity index (χ1) is 15.3. The number of aliphatic hydroxyl groups excluding tert-OH is 1. The van der Waals surface area contributed by atoms with Gasteiger partial charge in [-0.2, -0.15) is 18.4 Å². The number of rotatable bonds is 3. The molecule has 1 aromatic rings. The molecule has 1 aliphatic carbocycles. The quantitative estimate of drug-likeness (QED) is 0.751. The summed E-state index contributed by atoms with van der Waals surface area (Å²) in [4.78, 5) is 16.9. The van der Waals surface area contributed by atoms with Crippen molar-refractivity contribution in [1.82, 2.24) is 4.90 Å². The average Bonchev–Trinajstić information content (AvgIpc) is 3.16. The smallest absolute Gasteiger partial charge is 0.396 e. The second kappa shape index (κ2) is 8.93. The van der Waals surface area contributed by atoms with E-state index in [2.05, 4.69) is 0 Å². The number of piperidine rings is 1. The monoisotopic (exact) mass is 449 g/mol. The Hall–Kier alpha value is -2.27. The number of benzene rings is 1. The minimum Gasteiger partial charge on any atom is -0.396 e. The summed E-state index contributed by atoms with van der Waals surface area (Å²) in [6, 6.07) is 5.49. The number of amides is 1. The predicted octanol–water partition coefficient (Wildman–Crippen LogP) is 4.19. The van der Waals surface area contributed by atoms with E-state index in [0.717, 1.165) is 31.7 Å². The van der Waals surface area contributed by atoms with Crippen LogP contribution >= 0.6 is 0 Å². The minimum absolute atomic E-state index is 0.00360. The van der Waals surface area contributed by atoms with Crippen molar-refractivity contribution in [2.24, 2.45) is 17.3 Å². The lowest BCUT2D eigenvalue weighted by Crippen LogP contribution is -2.45. The van der Waals surface area contributed by atoms with Crippen LogP contribution in [0.2, 0.25) is 0 Å². The Labute approximate surface area is 186 Å².